The van der Waals surface area contributed by atoms with Crippen LogP contribution in [0.4, 0.5) is 5.82 Å². The first-order valence-corrected chi connectivity index (χ1v) is 8.10. The molecule has 1 saturated heterocycles. The number of rotatable bonds is 4. The van der Waals surface area contributed by atoms with Gasteiger partial charge in [-0.15, -0.1) is 0 Å². The molecule has 1 aliphatic heterocycles. The maximum Gasteiger partial charge on any atom is 0.130 e. The molecule has 1 atom stereocenters. The average molecular weight is 291 g/mol. The van der Waals surface area contributed by atoms with Crippen molar-refractivity contribution in [2.45, 2.75) is 56.4 Å². The molecule has 2 heterocycles. The third-order valence-electron chi connectivity index (χ3n) is 4.79. The molecule has 0 aromatic carbocycles. The van der Waals surface area contributed by atoms with Gasteiger partial charge in [0.15, 0.2) is 0 Å². The molecule has 21 heavy (non-hydrogen) atoms. The Morgan fingerprint density at radius 2 is 2.05 bits per heavy atom. The van der Waals surface area contributed by atoms with E-state index in [4.69, 9.17) is 4.74 Å². The highest BCUT2D eigenvalue weighted by Gasteiger charge is 2.30. The van der Waals surface area contributed by atoms with Gasteiger partial charge in [-0.25, -0.2) is 9.97 Å². The average Bonchev–Trinajstić information content (AvgIpc) is 2.96. The molecule has 0 unspecified atom stereocenters. The Balaban J connectivity index is 1.74. The van der Waals surface area contributed by atoms with Gasteiger partial charge in [0.2, 0.25) is 0 Å². The number of aliphatic hydroxyl groups is 1. The predicted octanol–water partition coefficient (Wildman–Crippen LogP) is 2.48. The molecule has 1 saturated carbocycles. The summed E-state index contributed by atoms with van der Waals surface area (Å²) in [5.74, 6) is 1.22. The highest BCUT2D eigenvalue weighted by atomic mass is 16.5. The van der Waals surface area contributed by atoms with Gasteiger partial charge in [-0.3, -0.25) is 0 Å². The number of aliphatic hydroxyl groups excluding tert-OH is 1. The van der Waals surface area contributed by atoms with E-state index in [2.05, 4.69) is 15.3 Å². The lowest BCUT2D eigenvalue weighted by Gasteiger charge is -2.32. The van der Waals surface area contributed by atoms with Gasteiger partial charge in [-0.2, -0.15) is 0 Å². The van der Waals surface area contributed by atoms with Crippen molar-refractivity contribution in [2.75, 3.05) is 25.1 Å². The predicted molar refractivity (Wildman–Crippen MR) is 81.4 cm³/mol. The molecule has 2 fully saturated rings. The molecule has 5 heteroatoms. The Morgan fingerprint density at radius 1 is 1.24 bits per heavy atom. The van der Waals surface area contributed by atoms with Crippen LogP contribution in [0.2, 0.25) is 0 Å². The van der Waals surface area contributed by atoms with E-state index in [0.29, 0.717) is 5.92 Å². The summed E-state index contributed by atoms with van der Waals surface area (Å²) in [5, 5.41) is 13.4. The fourth-order valence-corrected chi connectivity index (χ4v) is 3.43. The molecule has 2 aliphatic rings. The molecule has 1 aromatic rings. The minimum atomic E-state index is -0.214. The van der Waals surface area contributed by atoms with Gasteiger partial charge in [0.05, 0.1) is 24.4 Å². The fraction of sp³-hybridized carbons (Fsp3) is 0.750. The molecule has 0 amide bonds. The van der Waals surface area contributed by atoms with Crippen LogP contribution in [0.5, 0.6) is 0 Å². The first-order valence-electron chi connectivity index (χ1n) is 8.10. The minimum absolute atomic E-state index is 0.166. The van der Waals surface area contributed by atoms with Crippen molar-refractivity contribution >= 4 is 5.82 Å². The summed E-state index contributed by atoms with van der Waals surface area (Å²) in [7, 11) is 0. The number of ether oxygens (including phenoxy) is 1. The Kier molecular flexibility index (Phi) is 4.70. The molecular weight excluding hydrogens is 266 g/mol. The lowest BCUT2D eigenvalue weighted by Crippen LogP contribution is -2.42. The molecule has 3 rings (SSSR count). The van der Waals surface area contributed by atoms with Gasteiger partial charge in [-0.1, -0.05) is 25.7 Å². The van der Waals surface area contributed by atoms with E-state index < -0.39 is 0 Å². The van der Waals surface area contributed by atoms with Gasteiger partial charge in [-0.05, 0) is 19.3 Å². The highest BCUT2D eigenvalue weighted by Crippen LogP contribution is 2.31. The van der Waals surface area contributed by atoms with E-state index in [1.165, 1.54) is 25.7 Å². The van der Waals surface area contributed by atoms with Crippen molar-refractivity contribution in [1.82, 2.24) is 9.97 Å². The van der Waals surface area contributed by atoms with Crippen LogP contribution in [0.15, 0.2) is 12.4 Å². The van der Waals surface area contributed by atoms with Crippen molar-refractivity contribution in [3.8, 4) is 0 Å². The first-order chi connectivity index (χ1) is 10.3. The number of hydrogen-bond donors (Lipinski definition) is 2. The zero-order valence-electron chi connectivity index (χ0n) is 12.6. The van der Waals surface area contributed by atoms with Crippen LogP contribution < -0.4 is 5.32 Å². The summed E-state index contributed by atoms with van der Waals surface area (Å²) in [6.07, 6.45) is 9.53. The SMILES string of the molecule is OCC1(Nc2cc([C@H]3CCOC3)ncn2)CCCCCC1. The van der Waals surface area contributed by atoms with E-state index in [1.54, 1.807) is 6.33 Å². The lowest BCUT2D eigenvalue weighted by atomic mass is 9.91. The number of aromatic nitrogens is 2. The van der Waals surface area contributed by atoms with Crippen LogP contribution in [0.1, 0.15) is 56.6 Å². The summed E-state index contributed by atoms with van der Waals surface area (Å²) in [4.78, 5) is 8.74. The van der Waals surface area contributed by atoms with Crippen LogP contribution in [-0.4, -0.2) is 40.4 Å². The number of hydrogen-bond acceptors (Lipinski definition) is 5. The Morgan fingerprint density at radius 3 is 2.71 bits per heavy atom. The second kappa shape index (κ2) is 6.71. The van der Waals surface area contributed by atoms with Crippen molar-refractivity contribution in [2.24, 2.45) is 0 Å². The second-order valence-corrected chi connectivity index (χ2v) is 6.37. The van der Waals surface area contributed by atoms with Crippen LogP contribution in [0.3, 0.4) is 0 Å². The van der Waals surface area contributed by atoms with Gasteiger partial charge < -0.3 is 15.2 Å². The maximum atomic E-state index is 9.88. The Bertz CT molecular complexity index is 453. The van der Waals surface area contributed by atoms with Crippen molar-refractivity contribution in [3.63, 3.8) is 0 Å². The number of nitrogens with one attached hydrogen (secondary N) is 1. The quantitative estimate of drug-likeness (QED) is 0.834. The molecule has 2 N–H and O–H groups in total. The van der Waals surface area contributed by atoms with Crippen LogP contribution in [0.25, 0.3) is 0 Å². The fourth-order valence-electron chi connectivity index (χ4n) is 3.43. The molecule has 0 spiro atoms. The summed E-state index contributed by atoms with van der Waals surface area (Å²) in [5.41, 5.74) is 0.834. The van der Waals surface area contributed by atoms with Crippen molar-refractivity contribution in [3.05, 3.63) is 18.1 Å². The zero-order valence-corrected chi connectivity index (χ0v) is 12.6. The molecule has 5 nitrogen and oxygen atoms in total. The molecule has 116 valence electrons. The molecule has 0 radical (unpaired) electrons. The summed E-state index contributed by atoms with van der Waals surface area (Å²) >= 11 is 0. The Hall–Kier alpha value is -1.20. The monoisotopic (exact) mass is 291 g/mol. The molecule has 1 aromatic heterocycles. The molecule has 0 bridgehead atoms. The second-order valence-electron chi connectivity index (χ2n) is 6.37. The first kappa shape index (κ1) is 14.7. The maximum absolute atomic E-state index is 9.88. The zero-order chi connectivity index (χ0) is 14.5. The van der Waals surface area contributed by atoms with Crippen LogP contribution in [-0.2, 0) is 4.74 Å². The van der Waals surface area contributed by atoms with Crippen LogP contribution >= 0.6 is 0 Å². The van der Waals surface area contributed by atoms with Gasteiger partial charge in [0.25, 0.3) is 0 Å². The van der Waals surface area contributed by atoms with E-state index in [9.17, 15) is 5.11 Å². The van der Waals surface area contributed by atoms with E-state index >= 15 is 0 Å². The van der Waals surface area contributed by atoms with Crippen LogP contribution in [0, 0.1) is 0 Å². The summed E-state index contributed by atoms with van der Waals surface area (Å²) in [6.45, 7) is 1.73. The summed E-state index contributed by atoms with van der Waals surface area (Å²) < 4.78 is 5.44. The van der Waals surface area contributed by atoms with Gasteiger partial charge in [0.1, 0.15) is 12.1 Å². The van der Waals surface area contributed by atoms with Gasteiger partial charge >= 0.3 is 0 Å². The summed E-state index contributed by atoms with van der Waals surface area (Å²) in [6, 6.07) is 2.03. The highest BCUT2D eigenvalue weighted by molar-refractivity contribution is 5.39. The van der Waals surface area contributed by atoms with E-state index in [0.717, 1.165) is 44.0 Å². The molecular formula is C16H25N3O2. The Labute approximate surface area is 126 Å². The van der Waals surface area contributed by atoms with E-state index in [-0.39, 0.29) is 12.1 Å². The minimum Gasteiger partial charge on any atom is -0.394 e. The van der Waals surface area contributed by atoms with Gasteiger partial charge in [0, 0.05) is 18.6 Å². The van der Waals surface area contributed by atoms with Crippen molar-refractivity contribution in [1.29, 1.82) is 0 Å². The largest absolute Gasteiger partial charge is 0.394 e. The smallest absolute Gasteiger partial charge is 0.130 e. The molecule has 1 aliphatic carbocycles. The normalized spacial score (nSPS) is 25.5. The lowest BCUT2D eigenvalue weighted by molar-refractivity contribution is 0.193. The van der Waals surface area contributed by atoms with Crippen molar-refractivity contribution < 1.29 is 9.84 Å². The standard InChI is InChI=1S/C16H25N3O2/c20-11-16(6-3-1-2-4-7-16)19-15-9-14(17-12-18-15)13-5-8-21-10-13/h9,12-13,20H,1-8,10-11H2,(H,17,18,19)/t13-/m0/s1. The number of anilines is 1. The third-order valence-corrected chi connectivity index (χ3v) is 4.79. The third kappa shape index (κ3) is 3.52. The number of nitrogens with zero attached hydrogens (tertiary/aromatic N) is 2. The van der Waals surface area contributed by atoms with E-state index in [1.807, 2.05) is 6.07 Å². The topological polar surface area (TPSA) is 67.3 Å².